The van der Waals surface area contributed by atoms with Crippen molar-refractivity contribution in [2.75, 3.05) is 14.1 Å². The Hall–Kier alpha value is -2.96. The zero-order valence-corrected chi connectivity index (χ0v) is 16.5. The molecular weight excluding hydrogens is 374 g/mol. The summed E-state index contributed by atoms with van der Waals surface area (Å²) in [4.78, 5) is 12.7. The number of benzene rings is 3. The lowest BCUT2D eigenvalue weighted by Crippen LogP contribution is -2.22. The lowest BCUT2D eigenvalue weighted by Gasteiger charge is -2.12. The van der Waals surface area contributed by atoms with Crippen LogP contribution < -0.4 is 4.74 Å². The standard InChI is InChI=1S/C22H21NO4S/c1-23(2)28(25,26)20-14-12-18(13-15-20)22(24)27-21-11-7-6-10-19(21)16-17-8-4-3-5-9-17/h3-15H,16H2,1-2H3. The third-order valence-electron chi connectivity index (χ3n) is 4.28. The highest BCUT2D eigenvalue weighted by molar-refractivity contribution is 7.89. The third kappa shape index (κ3) is 4.47. The van der Waals surface area contributed by atoms with Gasteiger partial charge in [0.15, 0.2) is 0 Å². The Bertz CT molecular complexity index is 1060. The second-order valence-corrected chi connectivity index (χ2v) is 8.62. The SMILES string of the molecule is CN(C)S(=O)(=O)c1ccc(C(=O)Oc2ccccc2Cc2ccccc2)cc1. The summed E-state index contributed by atoms with van der Waals surface area (Å²) in [5.41, 5.74) is 2.30. The molecule has 0 aliphatic rings. The number of esters is 1. The highest BCUT2D eigenvalue weighted by Crippen LogP contribution is 2.23. The van der Waals surface area contributed by atoms with E-state index in [9.17, 15) is 13.2 Å². The molecule has 28 heavy (non-hydrogen) atoms. The molecule has 3 rings (SSSR count). The van der Waals surface area contributed by atoms with E-state index in [0.717, 1.165) is 15.4 Å². The normalized spacial score (nSPS) is 11.4. The van der Waals surface area contributed by atoms with Gasteiger partial charge >= 0.3 is 5.97 Å². The summed E-state index contributed by atoms with van der Waals surface area (Å²) in [7, 11) is -0.619. The molecule has 3 aromatic rings. The first-order valence-corrected chi connectivity index (χ1v) is 10.2. The maximum absolute atomic E-state index is 12.5. The van der Waals surface area contributed by atoms with Gasteiger partial charge in [-0.2, -0.15) is 0 Å². The number of para-hydroxylation sites is 1. The van der Waals surface area contributed by atoms with Crippen LogP contribution in [0.4, 0.5) is 0 Å². The molecule has 0 N–H and O–H groups in total. The quantitative estimate of drug-likeness (QED) is 0.471. The van der Waals surface area contributed by atoms with Crippen molar-refractivity contribution in [1.82, 2.24) is 4.31 Å². The average Bonchev–Trinajstić information content (AvgIpc) is 2.70. The topological polar surface area (TPSA) is 63.7 Å². The van der Waals surface area contributed by atoms with Gasteiger partial charge in [0.1, 0.15) is 5.75 Å². The summed E-state index contributed by atoms with van der Waals surface area (Å²) in [6, 6.07) is 23.0. The van der Waals surface area contributed by atoms with Crippen LogP contribution >= 0.6 is 0 Å². The van der Waals surface area contributed by atoms with Crippen LogP contribution in [0.1, 0.15) is 21.5 Å². The summed E-state index contributed by atoms with van der Waals surface area (Å²) in [6.45, 7) is 0. The van der Waals surface area contributed by atoms with Gasteiger partial charge in [0, 0.05) is 20.5 Å². The van der Waals surface area contributed by atoms with Gasteiger partial charge in [0.2, 0.25) is 10.0 Å². The van der Waals surface area contributed by atoms with Gasteiger partial charge in [-0.25, -0.2) is 17.5 Å². The molecule has 0 spiro atoms. The van der Waals surface area contributed by atoms with E-state index in [-0.39, 0.29) is 10.5 Å². The number of nitrogens with zero attached hydrogens (tertiary/aromatic N) is 1. The van der Waals surface area contributed by atoms with Crippen molar-refractivity contribution >= 4 is 16.0 Å². The highest BCUT2D eigenvalue weighted by atomic mass is 32.2. The molecule has 0 amide bonds. The van der Waals surface area contributed by atoms with E-state index in [0.29, 0.717) is 12.2 Å². The van der Waals surface area contributed by atoms with Crippen molar-refractivity contribution in [2.45, 2.75) is 11.3 Å². The van der Waals surface area contributed by atoms with Crippen molar-refractivity contribution in [3.63, 3.8) is 0 Å². The van der Waals surface area contributed by atoms with Crippen molar-refractivity contribution < 1.29 is 17.9 Å². The fourth-order valence-electron chi connectivity index (χ4n) is 2.70. The van der Waals surface area contributed by atoms with Gasteiger partial charge in [0.25, 0.3) is 0 Å². The van der Waals surface area contributed by atoms with Crippen LogP contribution in [0, 0.1) is 0 Å². The minimum atomic E-state index is -3.54. The smallest absolute Gasteiger partial charge is 0.343 e. The number of ether oxygens (including phenoxy) is 1. The molecule has 0 heterocycles. The fourth-order valence-corrected chi connectivity index (χ4v) is 3.60. The highest BCUT2D eigenvalue weighted by Gasteiger charge is 2.18. The minimum absolute atomic E-state index is 0.124. The molecule has 0 unspecified atom stereocenters. The first kappa shape index (κ1) is 19.8. The number of hydrogen-bond donors (Lipinski definition) is 0. The lowest BCUT2D eigenvalue weighted by molar-refractivity contribution is 0.0733. The Morgan fingerprint density at radius 1 is 0.857 bits per heavy atom. The van der Waals surface area contributed by atoms with E-state index in [1.165, 1.54) is 38.4 Å². The molecule has 0 fully saturated rings. The van der Waals surface area contributed by atoms with E-state index in [1.807, 2.05) is 48.5 Å². The van der Waals surface area contributed by atoms with Gasteiger partial charge in [-0.15, -0.1) is 0 Å². The Labute approximate surface area is 165 Å². The zero-order valence-electron chi connectivity index (χ0n) is 15.7. The monoisotopic (exact) mass is 395 g/mol. The molecule has 0 bridgehead atoms. The number of hydrogen-bond acceptors (Lipinski definition) is 4. The van der Waals surface area contributed by atoms with Crippen molar-refractivity contribution in [1.29, 1.82) is 0 Å². The first-order valence-electron chi connectivity index (χ1n) is 8.74. The van der Waals surface area contributed by atoms with E-state index in [1.54, 1.807) is 6.07 Å². The second kappa shape index (κ2) is 8.37. The first-order chi connectivity index (χ1) is 13.4. The molecule has 0 aliphatic heterocycles. The molecule has 0 aliphatic carbocycles. The molecule has 0 saturated heterocycles. The van der Waals surface area contributed by atoms with Crippen molar-refractivity contribution in [3.8, 4) is 5.75 Å². The summed E-state index contributed by atoms with van der Waals surface area (Å²) in [5.74, 6) is -0.0457. The van der Waals surface area contributed by atoms with E-state index in [2.05, 4.69) is 0 Å². The van der Waals surface area contributed by atoms with Gasteiger partial charge in [0.05, 0.1) is 10.5 Å². The number of carbonyl (C=O) groups is 1. The number of rotatable bonds is 6. The maximum Gasteiger partial charge on any atom is 0.343 e. The summed E-state index contributed by atoms with van der Waals surface area (Å²) in [6.07, 6.45) is 0.643. The molecule has 5 nitrogen and oxygen atoms in total. The maximum atomic E-state index is 12.5. The predicted octanol–water partition coefficient (Wildman–Crippen LogP) is 3.75. The lowest BCUT2D eigenvalue weighted by atomic mass is 10.0. The van der Waals surface area contributed by atoms with E-state index < -0.39 is 16.0 Å². The third-order valence-corrected chi connectivity index (χ3v) is 6.11. The van der Waals surface area contributed by atoms with Crippen LogP contribution in [0.15, 0.2) is 83.8 Å². The summed E-state index contributed by atoms with van der Waals surface area (Å²) in [5, 5.41) is 0. The predicted molar refractivity (Wildman–Crippen MR) is 108 cm³/mol. The average molecular weight is 395 g/mol. The molecular formula is C22H21NO4S. The van der Waals surface area contributed by atoms with Crippen LogP contribution in [-0.2, 0) is 16.4 Å². The largest absolute Gasteiger partial charge is 0.423 e. The van der Waals surface area contributed by atoms with Crippen molar-refractivity contribution in [2.24, 2.45) is 0 Å². The van der Waals surface area contributed by atoms with Gasteiger partial charge in [-0.1, -0.05) is 48.5 Å². The van der Waals surface area contributed by atoms with Crippen LogP contribution in [0.5, 0.6) is 5.75 Å². The summed E-state index contributed by atoms with van der Waals surface area (Å²) < 4.78 is 31.0. The Kier molecular flexibility index (Phi) is 5.92. The Morgan fingerprint density at radius 3 is 2.11 bits per heavy atom. The van der Waals surface area contributed by atoms with Crippen LogP contribution in [0.25, 0.3) is 0 Å². The van der Waals surface area contributed by atoms with Gasteiger partial charge in [-0.3, -0.25) is 0 Å². The zero-order chi connectivity index (χ0) is 20.1. The molecule has 144 valence electrons. The number of carbonyl (C=O) groups excluding carboxylic acids is 1. The molecule has 3 aromatic carbocycles. The van der Waals surface area contributed by atoms with E-state index >= 15 is 0 Å². The second-order valence-electron chi connectivity index (χ2n) is 6.47. The molecule has 0 radical (unpaired) electrons. The van der Waals surface area contributed by atoms with Crippen LogP contribution in [0.3, 0.4) is 0 Å². The van der Waals surface area contributed by atoms with Crippen LogP contribution in [-0.4, -0.2) is 32.8 Å². The van der Waals surface area contributed by atoms with Gasteiger partial charge in [-0.05, 0) is 41.5 Å². The Balaban J connectivity index is 1.79. The molecule has 0 atom stereocenters. The Morgan fingerprint density at radius 2 is 1.46 bits per heavy atom. The molecule has 0 saturated carbocycles. The number of sulfonamides is 1. The summed E-state index contributed by atoms with van der Waals surface area (Å²) >= 11 is 0. The van der Waals surface area contributed by atoms with Crippen molar-refractivity contribution in [3.05, 3.63) is 95.6 Å². The van der Waals surface area contributed by atoms with Gasteiger partial charge < -0.3 is 4.74 Å². The fraction of sp³-hybridized carbons (Fsp3) is 0.136. The minimum Gasteiger partial charge on any atom is -0.423 e. The molecule has 6 heteroatoms. The molecule has 0 aromatic heterocycles. The van der Waals surface area contributed by atoms with E-state index in [4.69, 9.17) is 4.74 Å². The van der Waals surface area contributed by atoms with Crippen LogP contribution in [0.2, 0.25) is 0 Å².